The minimum Gasteiger partial charge on any atom is -0.508 e. The number of ketones is 1. The number of carbonyl (C=O) groups is 1. The average molecular weight is 383 g/mol. The van der Waals surface area contributed by atoms with E-state index < -0.39 is 0 Å². The number of benzene rings is 1. The number of thiophene rings is 2. The summed E-state index contributed by atoms with van der Waals surface area (Å²) >= 11 is 2.57. The Hall–Kier alpha value is -2.82. The van der Waals surface area contributed by atoms with E-state index in [0.717, 1.165) is 10.4 Å². The Morgan fingerprint density at radius 3 is 2.50 bits per heavy atom. The summed E-state index contributed by atoms with van der Waals surface area (Å²) in [6.45, 7) is 3.92. The summed E-state index contributed by atoms with van der Waals surface area (Å²) in [6.07, 6.45) is 0. The first kappa shape index (κ1) is 18.0. The van der Waals surface area contributed by atoms with E-state index >= 15 is 0 Å². The van der Waals surface area contributed by atoms with Crippen molar-refractivity contribution in [2.75, 3.05) is 11.1 Å². The summed E-state index contributed by atoms with van der Waals surface area (Å²) in [5, 5.41) is 22.6. The number of nitriles is 1. The lowest BCUT2D eigenvalue weighted by Crippen LogP contribution is -2.09. The summed E-state index contributed by atoms with van der Waals surface area (Å²) < 4.78 is 0. The van der Waals surface area contributed by atoms with E-state index in [1.807, 2.05) is 19.9 Å². The molecule has 7 heteroatoms. The van der Waals surface area contributed by atoms with Crippen LogP contribution in [0.4, 0.5) is 10.7 Å². The molecule has 26 heavy (non-hydrogen) atoms. The van der Waals surface area contributed by atoms with Gasteiger partial charge >= 0.3 is 0 Å². The Morgan fingerprint density at radius 1 is 1.19 bits per heavy atom. The third-order valence-corrected chi connectivity index (χ3v) is 5.93. The van der Waals surface area contributed by atoms with Crippen LogP contribution in [0.25, 0.3) is 10.4 Å². The number of hydrogen-bond acceptors (Lipinski definition) is 7. The van der Waals surface area contributed by atoms with Crippen LogP contribution in [0.2, 0.25) is 0 Å². The number of nitrogens with zero attached hydrogens (tertiary/aromatic N) is 1. The molecule has 4 N–H and O–H groups in total. The highest BCUT2D eigenvalue weighted by Gasteiger charge is 2.23. The number of rotatable bonds is 5. The maximum Gasteiger partial charge on any atom is 0.215 e. The fourth-order valence-electron chi connectivity index (χ4n) is 2.44. The molecule has 0 atom stereocenters. The Morgan fingerprint density at radius 2 is 1.88 bits per heavy atom. The molecule has 3 aromatic rings. The van der Waals surface area contributed by atoms with E-state index in [9.17, 15) is 15.2 Å². The van der Waals surface area contributed by atoms with Crippen molar-refractivity contribution in [1.82, 2.24) is 0 Å². The molecular formula is C19H17N3O2S2. The SMILES string of the molecule is CC(C)Nc1sc(C(=O)c2ccc(-c3ccc(O)cc3)s2)c(N)c1C#N. The second-order valence-corrected chi connectivity index (χ2v) is 8.10. The summed E-state index contributed by atoms with van der Waals surface area (Å²) in [5.74, 6) is 0.0121. The predicted octanol–water partition coefficient (Wildman–Crippen LogP) is 4.69. The molecule has 3 rings (SSSR count). The van der Waals surface area contributed by atoms with Gasteiger partial charge in [-0.2, -0.15) is 5.26 Å². The number of aromatic hydroxyl groups is 1. The highest BCUT2D eigenvalue weighted by molar-refractivity contribution is 7.21. The monoisotopic (exact) mass is 383 g/mol. The van der Waals surface area contributed by atoms with Gasteiger partial charge in [0, 0.05) is 10.9 Å². The number of nitrogen functional groups attached to an aromatic ring is 1. The van der Waals surface area contributed by atoms with Crippen LogP contribution in [-0.2, 0) is 0 Å². The standard InChI is InChI=1S/C19H17N3O2S2/c1-10(2)22-19-13(9-20)16(21)18(26-19)17(24)15-8-7-14(25-15)11-3-5-12(23)6-4-11/h3-8,10,22-23H,21H2,1-2H3. The first-order valence-corrected chi connectivity index (χ1v) is 9.56. The van der Waals surface area contributed by atoms with E-state index in [1.165, 1.54) is 22.7 Å². The molecule has 0 bridgehead atoms. The van der Waals surface area contributed by atoms with Gasteiger partial charge in [0.2, 0.25) is 5.78 Å². The molecule has 0 saturated carbocycles. The lowest BCUT2D eigenvalue weighted by molar-refractivity contribution is 0.104. The zero-order valence-corrected chi connectivity index (χ0v) is 15.9. The number of phenolic OH excluding ortho intramolecular Hbond substituents is 1. The molecule has 0 amide bonds. The van der Waals surface area contributed by atoms with Crippen LogP contribution in [0, 0.1) is 11.3 Å². The fourth-order valence-corrected chi connectivity index (χ4v) is 4.63. The third-order valence-electron chi connectivity index (χ3n) is 3.66. The molecule has 5 nitrogen and oxygen atoms in total. The number of phenols is 1. The molecule has 0 saturated heterocycles. The molecule has 0 aliphatic carbocycles. The topological polar surface area (TPSA) is 99.1 Å². The molecule has 0 spiro atoms. The lowest BCUT2D eigenvalue weighted by atomic mass is 10.1. The molecule has 1 aromatic carbocycles. The minimum absolute atomic E-state index is 0.130. The predicted molar refractivity (Wildman–Crippen MR) is 107 cm³/mol. The zero-order chi connectivity index (χ0) is 18.8. The third kappa shape index (κ3) is 3.43. The largest absolute Gasteiger partial charge is 0.508 e. The van der Waals surface area contributed by atoms with Gasteiger partial charge in [-0.3, -0.25) is 4.79 Å². The Balaban J connectivity index is 1.94. The molecule has 2 heterocycles. The van der Waals surface area contributed by atoms with Crippen LogP contribution < -0.4 is 11.1 Å². The highest BCUT2D eigenvalue weighted by Crippen LogP contribution is 2.38. The molecule has 0 fully saturated rings. The van der Waals surface area contributed by atoms with E-state index in [-0.39, 0.29) is 23.3 Å². The van der Waals surface area contributed by atoms with E-state index in [2.05, 4.69) is 11.4 Å². The first-order chi connectivity index (χ1) is 12.4. The van der Waals surface area contributed by atoms with Crippen LogP contribution in [-0.4, -0.2) is 16.9 Å². The van der Waals surface area contributed by atoms with Gasteiger partial charge < -0.3 is 16.2 Å². The van der Waals surface area contributed by atoms with Crippen molar-refractivity contribution >= 4 is 39.1 Å². The van der Waals surface area contributed by atoms with Crippen LogP contribution in [0.15, 0.2) is 36.4 Å². The summed E-state index contributed by atoms with van der Waals surface area (Å²) in [5.41, 5.74) is 7.54. The number of carbonyl (C=O) groups excluding carboxylic acids is 1. The number of anilines is 2. The maximum atomic E-state index is 12.9. The summed E-state index contributed by atoms with van der Waals surface area (Å²) in [4.78, 5) is 14.8. The summed E-state index contributed by atoms with van der Waals surface area (Å²) in [7, 11) is 0. The van der Waals surface area contributed by atoms with Gasteiger partial charge in [0.15, 0.2) is 0 Å². The van der Waals surface area contributed by atoms with Crippen LogP contribution >= 0.6 is 22.7 Å². The van der Waals surface area contributed by atoms with Crippen molar-refractivity contribution in [1.29, 1.82) is 5.26 Å². The Kier molecular flexibility index (Phi) is 4.98. The first-order valence-electron chi connectivity index (χ1n) is 7.93. The number of nitrogens with two attached hydrogens (primary N) is 1. The smallest absolute Gasteiger partial charge is 0.215 e. The van der Waals surface area contributed by atoms with Gasteiger partial charge in [-0.15, -0.1) is 22.7 Å². The molecule has 0 aliphatic heterocycles. The quantitative estimate of drug-likeness (QED) is 0.555. The van der Waals surface area contributed by atoms with Gasteiger partial charge in [-0.05, 0) is 55.8 Å². The van der Waals surface area contributed by atoms with E-state index in [1.54, 1.807) is 30.3 Å². The normalized spacial score (nSPS) is 10.7. The Labute approximate surface area is 159 Å². The molecule has 132 valence electrons. The van der Waals surface area contributed by atoms with Crippen molar-refractivity contribution in [2.45, 2.75) is 19.9 Å². The van der Waals surface area contributed by atoms with E-state index in [4.69, 9.17) is 5.73 Å². The highest BCUT2D eigenvalue weighted by atomic mass is 32.1. The van der Waals surface area contributed by atoms with Gasteiger partial charge in [-0.1, -0.05) is 0 Å². The van der Waals surface area contributed by atoms with Crippen molar-refractivity contribution in [3.63, 3.8) is 0 Å². The maximum absolute atomic E-state index is 12.9. The molecule has 0 aliphatic rings. The van der Waals surface area contributed by atoms with Gasteiger partial charge in [0.05, 0.1) is 10.6 Å². The number of nitrogens with one attached hydrogen (secondary N) is 1. The minimum atomic E-state index is -0.184. The second kappa shape index (κ2) is 7.20. The molecular weight excluding hydrogens is 366 g/mol. The van der Waals surface area contributed by atoms with Gasteiger partial charge in [0.25, 0.3) is 0 Å². The Bertz CT molecular complexity index is 995. The molecule has 2 aromatic heterocycles. The second-order valence-electron chi connectivity index (χ2n) is 6.00. The molecule has 0 radical (unpaired) electrons. The van der Waals surface area contributed by atoms with Crippen LogP contribution in [0.5, 0.6) is 5.75 Å². The van der Waals surface area contributed by atoms with Gasteiger partial charge in [-0.25, -0.2) is 0 Å². The van der Waals surface area contributed by atoms with Crippen molar-refractivity contribution in [2.24, 2.45) is 0 Å². The lowest BCUT2D eigenvalue weighted by Gasteiger charge is -2.06. The van der Waals surface area contributed by atoms with Crippen molar-refractivity contribution in [3.05, 3.63) is 51.7 Å². The van der Waals surface area contributed by atoms with Gasteiger partial charge in [0.1, 0.15) is 27.3 Å². The zero-order valence-electron chi connectivity index (χ0n) is 14.2. The summed E-state index contributed by atoms with van der Waals surface area (Å²) in [6, 6.07) is 12.7. The van der Waals surface area contributed by atoms with Crippen molar-refractivity contribution in [3.8, 4) is 22.3 Å². The number of hydrogen-bond donors (Lipinski definition) is 3. The molecule has 0 unspecified atom stereocenters. The van der Waals surface area contributed by atoms with Crippen molar-refractivity contribution < 1.29 is 9.90 Å². The van der Waals surface area contributed by atoms with Crippen LogP contribution in [0.3, 0.4) is 0 Å². The van der Waals surface area contributed by atoms with Crippen LogP contribution in [0.1, 0.15) is 34.0 Å². The average Bonchev–Trinajstić information content (AvgIpc) is 3.20. The van der Waals surface area contributed by atoms with E-state index in [0.29, 0.717) is 20.3 Å². The fraction of sp³-hybridized carbons (Fsp3) is 0.158.